The largest absolute Gasteiger partial charge is 0.340 e. The van der Waals surface area contributed by atoms with Crippen LogP contribution in [0.15, 0.2) is 30.3 Å². The number of amides is 1. The van der Waals surface area contributed by atoms with Gasteiger partial charge in [-0.2, -0.15) is 0 Å². The van der Waals surface area contributed by atoms with Crippen molar-refractivity contribution in [2.45, 2.75) is 38.4 Å². The Morgan fingerprint density at radius 3 is 2.40 bits per heavy atom. The average Bonchev–Trinajstić information content (AvgIpc) is 2.65. The summed E-state index contributed by atoms with van der Waals surface area (Å²) >= 11 is 0. The molecule has 2 aliphatic heterocycles. The standard InChI is InChI=1S/C24H32N2O3S/c1-19(27)26-17-21(18-26)6-5-20-7-9-22(10-8-20)23-11-14-25(15-12-23)16-13-24(2,3)30(4,28)29/h7-11,21H,12-18H2,1-4H3. The molecule has 5 nitrogen and oxygen atoms in total. The fraction of sp³-hybridized carbons (Fsp3) is 0.542. The van der Waals surface area contributed by atoms with Crippen molar-refractivity contribution in [3.05, 3.63) is 41.5 Å². The van der Waals surface area contributed by atoms with E-state index in [2.05, 4.69) is 47.1 Å². The summed E-state index contributed by atoms with van der Waals surface area (Å²) in [5, 5.41) is 0. The summed E-state index contributed by atoms with van der Waals surface area (Å²) in [5.41, 5.74) is 3.56. The van der Waals surface area contributed by atoms with Crippen LogP contribution in [-0.2, 0) is 14.6 Å². The van der Waals surface area contributed by atoms with Crippen molar-refractivity contribution < 1.29 is 13.2 Å². The van der Waals surface area contributed by atoms with Crippen LogP contribution >= 0.6 is 0 Å². The van der Waals surface area contributed by atoms with Gasteiger partial charge in [0.1, 0.15) is 0 Å². The van der Waals surface area contributed by atoms with Gasteiger partial charge in [-0.25, -0.2) is 8.42 Å². The first-order valence-electron chi connectivity index (χ1n) is 10.5. The van der Waals surface area contributed by atoms with Crippen LogP contribution in [0.5, 0.6) is 0 Å². The van der Waals surface area contributed by atoms with Gasteiger partial charge in [-0.1, -0.05) is 30.0 Å². The van der Waals surface area contributed by atoms with Gasteiger partial charge in [0.25, 0.3) is 0 Å². The molecule has 1 aromatic rings. The maximum atomic E-state index is 11.9. The SMILES string of the molecule is CC(=O)N1CC(C#Cc2ccc(C3=CCN(CCC(C)(C)S(C)(=O)=O)CC3)cc2)C1. The highest BCUT2D eigenvalue weighted by Gasteiger charge is 2.30. The van der Waals surface area contributed by atoms with Crippen LogP contribution in [0.25, 0.3) is 5.57 Å². The van der Waals surface area contributed by atoms with Crippen molar-refractivity contribution in [1.29, 1.82) is 0 Å². The van der Waals surface area contributed by atoms with Gasteiger partial charge in [0.2, 0.25) is 5.91 Å². The lowest BCUT2D eigenvalue weighted by molar-refractivity contribution is -0.133. The molecule has 1 saturated heterocycles. The second kappa shape index (κ2) is 8.95. The number of likely N-dealkylation sites (tertiary alicyclic amines) is 1. The molecule has 30 heavy (non-hydrogen) atoms. The third kappa shape index (κ3) is 5.53. The fourth-order valence-corrected chi connectivity index (χ4v) is 4.03. The summed E-state index contributed by atoms with van der Waals surface area (Å²) in [6.45, 7) is 9.28. The Balaban J connectivity index is 1.51. The zero-order chi connectivity index (χ0) is 21.9. The summed E-state index contributed by atoms with van der Waals surface area (Å²) in [6.07, 6.45) is 5.19. The molecular formula is C24H32N2O3S. The van der Waals surface area contributed by atoms with Crippen molar-refractivity contribution in [3.8, 4) is 11.8 Å². The Kier molecular flexibility index (Phi) is 6.74. The molecule has 0 saturated carbocycles. The molecule has 0 unspecified atom stereocenters. The Labute approximate surface area is 181 Å². The quantitative estimate of drug-likeness (QED) is 0.677. The zero-order valence-electron chi connectivity index (χ0n) is 18.4. The predicted molar refractivity (Wildman–Crippen MR) is 122 cm³/mol. The number of hydrogen-bond acceptors (Lipinski definition) is 4. The van der Waals surface area contributed by atoms with E-state index in [4.69, 9.17) is 0 Å². The smallest absolute Gasteiger partial charge is 0.219 e. The molecule has 0 N–H and O–H groups in total. The third-order valence-electron chi connectivity index (χ3n) is 6.33. The van der Waals surface area contributed by atoms with E-state index in [0.29, 0.717) is 6.42 Å². The lowest BCUT2D eigenvalue weighted by Crippen LogP contribution is -2.48. The molecule has 0 aliphatic carbocycles. The first-order chi connectivity index (χ1) is 14.0. The van der Waals surface area contributed by atoms with E-state index >= 15 is 0 Å². The van der Waals surface area contributed by atoms with Gasteiger partial charge in [0.15, 0.2) is 9.84 Å². The monoisotopic (exact) mass is 428 g/mol. The van der Waals surface area contributed by atoms with Crippen LogP contribution in [-0.4, -0.2) is 67.9 Å². The number of carbonyl (C=O) groups is 1. The van der Waals surface area contributed by atoms with E-state index in [0.717, 1.165) is 44.7 Å². The average molecular weight is 429 g/mol. The molecular weight excluding hydrogens is 396 g/mol. The topological polar surface area (TPSA) is 57.7 Å². The number of carbonyl (C=O) groups excluding carboxylic acids is 1. The molecule has 0 radical (unpaired) electrons. The molecule has 2 heterocycles. The molecule has 0 bridgehead atoms. The first kappa shape index (κ1) is 22.6. The normalized spacial score (nSPS) is 18.3. The third-order valence-corrected chi connectivity index (χ3v) is 8.54. The van der Waals surface area contributed by atoms with Crippen molar-refractivity contribution in [1.82, 2.24) is 9.80 Å². The van der Waals surface area contributed by atoms with Crippen molar-refractivity contribution in [2.75, 3.05) is 39.0 Å². The first-order valence-corrected chi connectivity index (χ1v) is 12.4. The van der Waals surface area contributed by atoms with Gasteiger partial charge < -0.3 is 4.90 Å². The summed E-state index contributed by atoms with van der Waals surface area (Å²) in [5.74, 6) is 6.88. The number of nitrogens with zero attached hydrogens (tertiary/aromatic N) is 2. The highest BCUT2D eigenvalue weighted by molar-refractivity contribution is 7.92. The molecule has 6 heteroatoms. The molecule has 1 fully saturated rings. The van der Waals surface area contributed by atoms with E-state index in [1.165, 1.54) is 17.4 Å². The fourth-order valence-electron chi connectivity index (χ4n) is 3.57. The maximum Gasteiger partial charge on any atom is 0.219 e. The predicted octanol–water partition coefficient (Wildman–Crippen LogP) is 2.82. The Bertz CT molecular complexity index is 976. The lowest BCUT2D eigenvalue weighted by atomic mass is 9.97. The van der Waals surface area contributed by atoms with Gasteiger partial charge in [0.05, 0.1) is 10.7 Å². The molecule has 162 valence electrons. The van der Waals surface area contributed by atoms with Crippen molar-refractivity contribution in [2.24, 2.45) is 5.92 Å². The summed E-state index contributed by atoms with van der Waals surface area (Å²) < 4.78 is 23.1. The number of benzene rings is 1. The van der Waals surface area contributed by atoms with Gasteiger partial charge in [-0.3, -0.25) is 9.69 Å². The lowest BCUT2D eigenvalue weighted by Gasteiger charge is -2.35. The van der Waals surface area contributed by atoms with Crippen LogP contribution in [0.2, 0.25) is 0 Å². The molecule has 2 aliphatic rings. The molecule has 0 atom stereocenters. The molecule has 0 spiro atoms. The summed E-state index contributed by atoms with van der Waals surface area (Å²) in [6, 6.07) is 8.37. The van der Waals surface area contributed by atoms with Crippen LogP contribution < -0.4 is 0 Å². The summed E-state index contributed by atoms with van der Waals surface area (Å²) in [4.78, 5) is 15.3. The van der Waals surface area contributed by atoms with E-state index in [-0.39, 0.29) is 11.8 Å². The molecule has 1 amide bonds. The molecule has 0 aromatic heterocycles. The van der Waals surface area contributed by atoms with Gasteiger partial charge in [0, 0.05) is 44.9 Å². The Morgan fingerprint density at radius 2 is 1.87 bits per heavy atom. The van der Waals surface area contributed by atoms with Gasteiger partial charge >= 0.3 is 0 Å². The zero-order valence-corrected chi connectivity index (χ0v) is 19.3. The van der Waals surface area contributed by atoms with Gasteiger partial charge in [-0.05, 0) is 56.5 Å². The second-order valence-electron chi connectivity index (χ2n) is 9.03. The Morgan fingerprint density at radius 1 is 1.20 bits per heavy atom. The number of rotatable bonds is 5. The van der Waals surface area contributed by atoms with E-state index < -0.39 is 14.6 Å². The van der Waals surface area contributed by atoms with E-state index in [9.17, 15) is 13.2 Å². The number of hydrogen-bond donors (Lipinski definition) is 0. The van der Waals surface area contributed by atoms with Crippen LogP contribution in [0.1, 0.15) is 44.7 Å². The van der Waals surface area contributed by atoms with Crippen molar-refractivity contribution in [3.63, 3.8) is 0 Å². The van der Waals surface area contributed by atoms with Gasteiger partial charge in [-0.15, -0.1) is 0 Å². The van der Waals surface area contributed by atoms with Crippen LogP contribution in [0.4, 0.5) is 0 Å². The highest BCUT2D eigenvalue weighted by atomic mass is 32.2. The minimum atomic E-state index is -3.05. The van der Waals surface area contributed by atoms with Crippen LogP contribution in [0.3, 0.4) is 0 Å². The molecule has 1 aromatic carbocycles. The second-order valence-corrected chi connectivity index (χ2v) is 11.7. The van der Waals surface area contributed by atoms with Crippen LogP contribution in [0, 0.1) is 17.8 Å². The van der Waals surface area contributed by atoms with E-state index in [1.54, 1.807) is 6.92 Å². The highest BCUT2D eigenvalue weighted by Crippen LogP contribution is 2.25. The Hall–Kier alpha value is -2.10. The van der Waals surface area contributed by atoms with E-state index in [1.807, 2.05) is 18.7 Å². The molecule has 3 rings (SSSR count). The maximum absolute atomic E-state index is 11.9. The number of sulfone groups is 1. The summed E-state index contributed by atoms with van der Waals surface area (Å²) in [7, 11) is -3.05. The van der Waals surface area contributed by atoms with Crippen molar-refractivity contribution >= 4 is 21.3 Å². The minimum absolute atomic E-state index is 0.121. The minimum Gasteiger partial charge on any atom is -0.340 e.